The first-order chi connectivity index (χ1) is 8.51. The fourth-order valence-corrected chi connectivity index (χ4v) is 2.41. The third-order valence-electron chi connectivity index (χ3n) is 3.37. The molecule has 1 amide bonds. The first kappa shape index (κ1) is 13.3. The van der Waals surface area contributed by atoms with Gasteiger partial charge in [0.05, 0.1) is 16.2 Å². The highest BCUT2D eigenvalue weighted by atomic mass is 35.5. The van der Waals surface area contributed by atoms with Crippen LogP contribution in [-0.2, 0) is 4.79 Å². The molecular formula is C13H16ClFN2O. The zero-order valence-corrected chi connectivity index (χ0v) is 10.8. The molecule has 1 fully saturated rings. The summed E-state index contributed by atoms with van der Waals surface area (Å²) in [5.74, 6) is -0.723. The second-order valence-corrected chi connectivity index (χ2v) is 5.20. The summed E-state index contributed by atoms with van der Waals surface area (Å²) in [6, 6.07) is 3.86. The van der Waals surface area contributed by atoms with Crippen LogP contribution in [0, 0.1) is 5.82 Å². The van der Waals surface area contributed by atoms with Crippen LogP contribution in [0.1, 0.15) is 32.1 Å². The molecule has 3 N–H and O–H groups in total. The van der Waals surface area contributed by atoms with Crippen molar-refractivity contribution in [3.05, 3.63) is 29.0 Å². The summed E-state index contributed by atoms with van der Waals surface area (Å²) in [6.45, 7) is 0. The van der Waals surface area contributed by atoms with E-state index in [4.69, 9.17) is 17.3 Å². The molecule has 0 aliphatic heterocycles. The van der Waals surface area contributed by atoms with Crippen LogP contribution >= 0.6 is 11.6 Å². The first-order valence-electron chi connectivity index (χ1n) is 6.07. The fourth-order valence-electron chi connectivity index (χ4n) is 2.25. The topological polar surface area (TPSA) is 55.1 Å². The Balaban J connectivity index is 2.13. The van der Waals surface area contributed by atoms with Crippen LogP contribution in [-0.4, -0.2) is 11.4 Å². The van der Waals surface area contributed by atoms with Gasteiger partial charge in [0.25, 0.3) is 0 Å². The van der Waals surface area contributed by atoms with Crippen molar-refractivity contribution in [2.45, 2.75) is 37.6 Å². The number of nitrogens with one attached hydrogen (secondary N) is 1. The lowest BCUT2D eigenvalue weighted by Gasteiger charge is -2.31. The summed E-state index contributed by atoms with van der Waals surface area (Å²) in [7, 11) is 0. The van der Waals surface area contributed by atoms with Gasteiger partial charge in [-0.2, -0.15) is 0 Å². The number of carbonyl (C=O) groups is 1. The number of carbonyl (C=O) groups excluding carboxylic acids is 1. The Kier molecular flexibility index (Phi) is 3.88. The minimum absolute atomic E-state index is 0.275. The van der Waals surface area contributed by atoms with Crippen LogP contribution in [0.5, 0.6) is 0 Å². The highest BCUT2D eigenvalue weighted by Gasteiger charge is 2.35. The Morgan fingerprint density at radius 2 is 2.00 bits per heavy atom. The molecule has 0 heterocycles. The number of nitrogens with two attached hydrogens (primary N) is 1. The lowest BCUT2D eigenvalue weighted by Crippen LogP contribution is -2.52. The van der Waals surface area contributed by atoms with Gasteiger partial charge in [-0.25, -0.2) is 4.39 Å². The number of rotatable bonds is 2. The molecule has 1 aliphatic rings. The van der Waals surface area contributed by atoms with Crippen LogP contribution in [0.4, 0.5) is 10.1 Å². The predicted octanol–water partition coefficient (Wildman–Crippen LogP) is 3.08. The van der Waals surface area contributed by atoms with E-state index in [9.17, 15) is 9.18 Å². The third kappa shape index (κ3) is 2.82. The summed E-state index contributed by atoms with van der Waals surface area (Å²) in [5, 5.41) is 2.93. The molecule has 0 saturated heterocycles. The largest absolute Gasteiger partial charge is 0.323 e. The van der Waals surface area contributed by atoms with Crippen molar-refractivity contribution in [3.63, 3.8) is 0 Å². The summed E-state index contributed by atoms with van der Waals surface area (Å²) < 4.78 is 13.1. The lowest BCUT2D eigenvalue weighted by atomic mass is 9.82. The van der Waals surface area contributed by atoms with Gasteiger partial charge in [0.1, 0.15) is 5.82 Å². The van der Waals surface area contributed by atoms with Crippen molar-refractivity contribution >= 4 is 23.2 Å². The van der Waals surface area contributed by atoms with Gasteiger partial charge >= 0.3 is 0 Å². The van der Waals surface area contributed by atoms with E-state index in [0.717, 1.165) is 19.3 Å². The molecule has 0 atom stereocenters. The molecule has 1 aromatic rings. The van der Waals surface area contributed by atoms with Crippen molar-refractivity contribution < 1.29 is 9.18 Å². The maximum Gasteiger partial charge on any atom is 0.244 e. The average molecular weight is 271 g/mol. The maximum atomic E-state index is 13.1. The Morgan fingerprint density at radius 3 is 2.67 bits per heavy atom. The zero-order chi connectivity index (χ0) is 13.2. The van der Waals surface area contributed by atoms with Crippen LogP contribution in [0.2, 0.25) is 5.02 Å². The summed E-state index contributed by atoms with van der Waals surface area (Å²) in [4.78, 5) is 12.1. The average Bonchev–Trinajstić information content (AvgIpc) is 2.35. The van der Waals surface area contributed by atoms with Crippen molar-refractivity contribution in [1.82, 2.24) is 0 Å². The summed E-state index contributed by atoms with van der Waals surface area (Å²) in [6.07, 6.45) is 4.31. The van der Waals surface area contributed by atoms with E-state index in [1.54, 1.807) is 0 Å². The molecule has 1 aliphatic carbocycles. The molecular weight excluding hydrogens is 255 g/mol. The van der Waals surface area contributed by atoms with Gasteiger partial charge in [-0.1, -0.05) is 30.9 Å². The molecule has 0 unspecified atom stereocenters. The summed E-state index contributed by atoms with van der Waals surface area (Å²) in [5.41, 5.74) is 5.51. The van der Waals surface area contributed by atoms with Gasteiger partial charge in [0, 0.05) is 0 Å². The number of hydrogen-bond acceptors (Lipinski definition) is 2. The van der Waals surface area contributed by atoms with Gasteiger partial charge in [-0.3, -0.25) is 4.79 Å². The smallest absolute Gasteiger partial charge is 0.244 e. The Morgan fingerprint density at radius 1 is 1.33 bits per heavy atom. The minimum Gasteiger partial charge on any atom is -0.323 e. The SMILES string of the molecule is NC1(C(=O)Nc2cc(F)ccc2Cl)CCCCC1. The Labute approximate surface area is 111 Å². The molecule has 1 saturated carbocycles. The van der Waals surface area contributed by atoms with Crippen molar-refractivity contribution in [2.24, 2.45) is 5.73 Å². The number of hydrogen-bond donors (Lipinski definition) is 2. The normalized spacial score (nSPS) is 18.4. The Hall–Kier alpha value is -1.13. The maximum absolute atomic E-state index is 13.1. The molecule has 2 rings (SSSR count). The monoisotopic (exact) mass is 270 g/mol. The number of anilines is 1. The van der Waals surface area contributed by atoms with Crippen LogP contribution in [0.25, 0.3) is 0 Å². The molecule has 98 valence electrons. The molecule has 1 aromatic carbocycles. The standard InChI is InChI=1S/C13H16ClFN2O/c14-10-5-4-9(15)8-11(10)17-12(18)13(16)6-2-1-3-7-13/h4-5,8H,1-3,6-7,16H2,(H,17,18). The molecule has 0 bridgehead atoms. The molecule has 0 aromatic heterocycles. The number of benzene rings is 1. The van der Waals surface area contributed by atoms with E-state index >= 15 is 0 Å². The number of amides is 1. The van der Waals surface area contributed by atoms with Crippen LogP contribution < -0.4 is 11.1 Å². The van der Waals surface area contributed by atoms with Crippen molar-refractivity contribution in [1.29, 1.82) is 0 Å². The van der Waals surface area contributed by atoms with E-state index in [-0.39, 0.29) is 11.6 Å². The second kappa shape index (κ2) is 5.24. The quantitative estimate of drug-likeness (QED) is 0.868. The van der Waals surface area contributed by atoms with Gasteiger partial charge in [-0.05, 0) is 31.0 Å². The van der Waals surface area contributed by atoms with E-state index in [1.165, 1.54) is 18.2 Å². The molecule has 3 nitrogen and oxygen atoms in total. The third-order valence-corrected chi connectivity index (χ3v) is 3.70. The van der Waals surface area contributed by atoms with Crippen LogP contribution in [0.15, 0.2) is 18.2 Å². The highest BCUT2D eigenvalue weighted by molar-refractivity contribution is 6.33. The fraction of sp³-hybridized carbons (Fsp3) is 0.462. The van der Waals surface area contributed by atoms with E-state index in [2.05, 4.69) is 5.32 Å². The molecule has 0 spiro atoms. The van der Waals surface area contributed by atoms with E-state index < -0.39 is 11.4 Å². The minimum atomic E-state index is -0.853. The predicted molar refractivity (Wildman–Crippen MR) is 70.0 cm³/mol. The van der Waals surface area contributed by atoms with Crippen molar-refractivity contribution in [2.75, 3.05) is 5.32 Å². The molecule has 5 heteroatoms. The Bertz CT molecular complexity index is 458. The first-order valence-corrected chi connectivity index (χ1v) is 6.44. The van der Waals surface area contributed by atoms with Crippen molar-refractivity contribution in [3.8, 4) is 0 Å². The number of halogens is 2. The van der Waals surface area contributed by atoms with Gasteiger partial charge < -0.3 is 11.1 Å². The van der Waals surface area contributed by atoms with Gasteiger partial charge in [0.15, 0.2) is 0 Å². The van der Waals surface area contributed by atoms with E-state index in [0.29, 0.717) is 17.9 Å². The highest BCUT2D eigenvalue weighted by Crippen LogP contribution is 2.29. The summed E-state index contributed by atoms with van der Waals surface area (Å²) >= 11 is 5.90. The zero-order valence-electron chi connectivity index (χ0n) is 10.0. The van der Waals surface area contributed by atoms with Crippen LogP contribution in [0.3, 0.4) is 0 Å². The van der Waals surface area contributed by atoms with Gasteiger partial charge in [-0.15, -0.1) is 0 Å². The van der Waals surface area contributed by atoms with Gasteiger partial charge in [0.2, 0.25) is 5.91 Å². The molecule has 0 radical (unpaired) electrons. The molecule has 18 heavy (non-hydrogen) atoms. The second-order valence-electron chi connectivity index (χ2n) is 4.80. The van der Waals surface area contributed by atoms with E-state index in [1.807, 2.05) is 0 Å². The lowest BCUT2D eigenvalue weighted by molar-refractivity contribution is -0.122.